The van der Waals surface area contributed by atoms with Gasteiger partial charge < -0.3 is 30.7 Å². The number of likely N-dealkylation sites (tertiary alicyclic amines) is 2. The SMILES string of the molecule is CN[C@@H]1CC[C@@H](N(C)C(C)=O)C[C@H]1CN1CCC[C@@H](Cc2ccc(F)cc2)C1.CN[C@@H]1CC[C@@H](NC)[C@H](CN2CCC[C@@H](Cc3ccc(F)cc3)C2)C1.ClCCl. The lowest BCUT2D eigenvalue weighted by atomic mass is 9.80. The van der Waals surface area contributed by atoms with E-state index in [0.29, 0.717) is 41.9 Å². The number of nitrogens with zero attached hydrogens (tertiary/aromatic N) is 3. The molecule has 0 aromatic heterocycles. The monoisotopic (exact) mass is 821 g/mol. The van der Waals surface area contributed by atoms with E-state index in [-0.39, 0.29) is 22.9 Å². The summed E-state index contributed by atoms with van der Waals surface area (Å²) in [7, 11) is 8.23. The standard InChI is InChI=1S/C23H36FN3O.C21H34FN3.CH2Cl2/c1-17(28)26(3)22-10-11-23(25-2)20(14-22)16-27-12-4-5-19(15-27)13-18-6-8-21(24)9-7-18;1-23-20-9-10-21(24-2)18(13-20)15-25-11-3-4-17(14-25)12-16-5-7-19(22)8-6-16;2-1-3/h6-9,19-20,22-23,25H,4-5,10-16H2,1-3H3;5-8,17-18,20-21,23-24H,3-4,9-15H2,1-2H3;1H2/t19-,20-,22+,23+;17-,18-,20+,21+;/m00./s1. The van der Waals surface area contributed by atoms with Gasteiger partial charge in [0, 0.05) is 64.3 Å². The zero-order chi connectivity index (χ0) is 40.5. The summed E-state index contributed by atoms with van der Waals surface area (Å²) in [4.78, 5) is 19.1. The second kappa shape index (κ2) is 24.9. The molecule has 2 saturated carbocycles. The average molecular weight is 822 g/mol. The third-order valence-corrected chi connectivity index (χ3v) is 13.2. The summed E-state index contributed by atoms with van der Waals surface area (Å²) in [5.41, 5.74) is 2.51. The van der Waals surface area contributed by atoms with Crippen molar-refractivity contribution >= 4 is 29.1 Å². The number of rotatable bonds is 12. The molecule has 2 aliphatic heterocycles. The van der Waals surface area contributed by atoms with Crippen LogP contribution in [0.15, 0.2) is 48.5 Å². The Hall–Kier alpha value is -1.85. The molecule has 2 heterocycles. The Bertz CT molecular complexity index is 1390. The maximum atomic E-state index is 13.2. The summed E-state index contributed by atoms with van der Waals surface area (Å²) in [6.07, 6.45) is 14.3. The number of nitrogens with one attached hydrogen (secondary N) is 3. The molecule has 1 amide bonds. The van der Waals surface area contributed by atoms with Crippen molar-refractivity contribution in [2.45, 2.75) is 108 Å². The van der Waals surface area contributed by atoms with Crippen molar-refractivity contribution in [1.82, 2.24) is 30.7 Å². The number of hydrogen-bond acceptors (Lipinski definition) is 6. The molecule has 2 aromatic rings. The molecule has 2 aliphatic carbocycles. The molecule has 11 heteroatoms. The topological polar surface area (TPSA) is 62.9 Å². The van der Waals surface area contributed by atoms with Gasteiger partial charge in [0.1, 0.15) is 11.6 Å². The van der Waals surface area contributed by atoms with Gasteiger partial charge >= 0.3 is 0 Å². The van der Waals surface area contributed by atoms with Gasteiger partial charge in [-0.25, -0.2) is 8.78 Å². The first-order valence-corrected chi connectivity index (χ1v) is 22.4. The quantitative estimate of drug-likeness (QED) is 0.190. The highest BCUT2D eigenvalue weighted by Crippen LogP contribution is 2.31. The van der Waals surface area contributed by atoms with Gasteiger partial charge in [-0.15, -0.1) is 23.2 Å². The molecule has 0 bridgehead atoms. The lowest BCUT2D eigenvalue weighted by molar-refractivity contribution is -0.130. The van der Waals surface area contributed by atoms with Gasteiger partial charge in [-0.3, -0.25) is 4.79 Å². The number of halogens is 4. The molecule has 316 valence electrons. The number of hydrogen-bond donors (Lipinski definition) is 3. The largest absolute Gasteiger partial charge is 0.343 e. The zero-order valence-corrected chi connectivity index (χ0v) is 36.4. The van der Waals surface area contributed by atoms with E-state index in [1.807, 2.05) is 36.2 Å². The highest BCUT2D eigenvalue weighted by atomic mass is 35.5. The number of carbonyl (C=O) groups is 1. The third-order valence-electron chi connectivity index (χ3n) is 13.2. The Morgan fingerprint density at radius 1 is 0.696 bits per heavy atom. The first-order valence-electron chi connectivity index (χ1n) is 21.4. The van der Waals surface area contributed by atoms with E-state index in [9.17, 15) is 13.6 Å². The van der Waals surface area contributed by atoms with Crippen LogP contribution in [-0.2, 0) is 17.6 Å². The lowest BCUT2D eigenvalue weighted by Gasteiger charge is -2.43. The van der Waals surface area contributed by atoms with Gasteiger partial charge in [-0.1, -0.05) is 24.3 Å². The van der Waals surface area contributed by atoms with Gasteiger partial charge in [0.15, 0.2) is 0 Å². The van der Waals surface area contributed by atoms with Gasteiger partial charge in [-0.05, 0) is 170 Å². The fourth-order valence-corrected chi connectivity index (χ4v) is 10.1. The maximum absolute atomic E-state index is 13.2. The first kappa shape index (κ1) is 46.8. The molecule has 2 saturated heterocycles. The van der Waals surface area contributed by atoms with E-state index in [4.69, 9.17) is 23.2 Å². The second-order valence-electron chi connectivity index (χ2n) is 17.0. The predicted octanol–water partition coefficient (Wildman–Crippen LogP) is 7.79. The molecule has 0 radical (unpaired) electrons. The van der Waals surface area contributed by atoms with Crippen LogP contribution in [0.2, 0.25) is 0 Å². The van der Waals surface area contributed by atoms with Crippen molar-refractivity contribution in [1.29, 1.82) is 0 Å². The smallest absolute Gasteiger partial charge is 0.219 e. The summed E-state index contributed by atoms with van der Waals surface area (Å²) in [5, 5.41) is 10.8. The molecular formula is C45H72Cl2F2N6O. The Morgan fingerprint density at radius 2 is 1.14 bits per heavy atom. The minimum atomic E-state index is -0.158. The molecule has 4 fully saturated rings. The fraction of sp³-hybridized carbons (Fsp3) is 0.711. The third kappa shape index (κ3) is 15.4. The van der Waals surface area contributed by atoms with E-state index in [2.05, 4.69) is 46.9 Å². The molecule has 4 aliphatic rings. The van der Waals surface area contributed by atoms with Crippen LogP contribution in [0.25, 0.3) is 0 Å². The number of amides is 1. The van der Waals surface area contributed by atoms with E-state index < -0.39 is 0 Å². The summed E-state index contributed by atoms with van der Waals surface area (Å²) in [6, 6.07) is 16.3. The first-order chi connectivity index (χ1) is 27.0. The molecule has 6 rings (SSSR count). The molecule has 7 nitrogen and oxygen atoms in total. The number of benzene rings is 2. The Kier molecular flexibility index (Phi) is 20.8. The minimum Gasteiger partial charge on any atom is -0.343 e. The van der Waals surface area contributed by atoms with E-state index >= 15 is 0 Å². The highest BCUT2D eigenvalue weighted by molar-refractivity contribution is 6.40. The Morgan fingerprint density at radius 3 is 1.57 bits per heavy atom. The van der Waals surface area contributed by atoms with Crippen LogP contribution in [0.4, 0.5) is 8.78 Å². The van der Waals surface area contributed by atoms with Crippen molar-refractivity contribution in [2.75, 3.05) is 72.8 Å². The lowest BCUT2D eigenvalue weighted by Crippen LogP contribution is -2.51. The van der Waals surface area contributed by atoms with Crippen LogP contribution in [0.1, 0.15) is 82.3 Å². The summed E-state index contributed by atoms with van der Waals surface area (Å²) in [5.74, 6) is 2.54. The van der Waals surface area contributed by atoms with Crippen LogP contribution in [-0.4, -0.2) is 118 Å². The number of carbonyl (C=O) groups excluding carboxylic acids is 1. The van der Waals surface area contributed by atoms with Crippen molar-refractivity contribution < 1.29 is 13.6 Å². The minimum absolute atomic E-state index is 0.136. The van der Waals surface area contributed by atoms with E-state index in [1.54, 1.807) is 31.2 Å². The molecule has 56 heavy (non-hydrogen) atoms. The maximum Gasteiger partial charge on any atom is 0.219 e. The van der Waals surface area contributed by atoms with Crippen LogP contribution in [0.5, 0.6) is 0 Å². The van der Waals surface area contributed by atoms with Crippen molar-refractivity contribution in [3.8, 4) is 0 Å². The fourth-order valence-electron chi connectivity index (χ4n) is 10.1. The molecule has 2 aromatic carbocycles. The molecule has 8 atom stereocenters. The van der Waals surface area contributed by atoms with Crippen LogP contribution in [0.3, 0.4) is 0 Å². The Balaban J connectivity index is 0.000000234. The van der Waals surface area contributed by atoms with Gasteiger partial charge in [0.25, 0.3) is 0 Å². The average Bonchev–Trinajstić information content (AvgIpc) is 3.20. The summed E-state index contributed by atoms with van der Waals surface area (Å²) < 4.78 is 26.3. The van der Waals surface area contributed by atoms with Crippen LogP contribution in [0, 0.1) is 35.3 Å². The van der Waals surface area contributed by atoms with E-state index in [0.717, 1.165) is 51.1 Å². The highest BCUT2D eigenvalue weighted by Gasteiger charge is 2.35. The van der Waals surface area contributed by atoms with Crippen molar-refractivity contribution in [3.05, 3.63) is 71.3 Å². The molecular weight excluding hydrogens is 749 g/mol. The Labute approximate surface area is 348 Å². The molecule has 0 unspecified atom stereocenters. The summed E-state index contributed by atoms with van der Waals surface area (Å²) >= 11 is 9.53. The molecule has 3 N–H and O–H groups in total. The second-order valence-corrected chi connectivity index (χ2v) is 17.8. The number of alkyl halides is 2. The number of piperidine rings is 2. The zero-order valence-electron chi connectivity index (χ0n) is 34.9. The van der Waals surface area contributed by atoms with Crippen molar-refractivity contribution in [2.24, 2.45) is 23.7 Å². The van der Waals surface area contributed by atoms with Gasteiger partial charge in [-0.2, -0.15) is 0 Å². The van der Waals surface area contributed by atoms with E-state index in [1.165, 1.54) is 82.3 Å². The molecule has 0 spiro atoms. The van der Waals surface area contributed by atoms with Gasteiger partial charge in [0.05, 0.1) is 5.34 Å². The summed E-state index contributed by atoms with van der Waals surface area (Å²) in [6.45, 7) is 8.70. The van der Waals surface area contributed by atoms with Gasteiger partial charge in [0.2, 0.25) is 5.91 Å². The van der Waals surface area contributed by atoms with Crippen LogP contribution < -0.4 is 16.0 Å². The predicted molar refractivity (Wildman–Crippen MR) is 231 cm³/mol. The normalized spacial score (nSPS) is 28.7. The van der Waals surface area contributed by atoms with Crippen molar-refractivity contribution in [3.63, 3.8) is 0 Å². The van der Waals surface area contributed by atoms with Crippen LogP contribution >= 0.6 is 23.2 Å².